The van der Waals surface area contributed by atoms with Crippen molar-refractivity contribution in [2.75, 3.05) is 0 Å². The third-order valence-corrected chi connectivity index (χ3v) is 2.58. The number of carbonyl (C=O) groups is 1. The lowest BCUT2D eigenvalue weighted by molar-refractivity contribution is -0.384. The van der Waals surface area contributed by atoms with Gasteiger partial charge in [0.25, 0.3) is 5.69 Å². The summed E-state index contributed by atoms with van der Waals surface area (Å²) in [6.07, 6.45) is 2.39. The maximum Gasteiger partial charge on any atom is 0.328 e. The lowest BCUT2D eigenvalue weighted by Crippen LogP contribution is -1.91. The first kappa shape index (κ1) is 14.3. The number of benzene rings is 2. The molecule has 6 nitrogen and oxygen atoms in total. The Morgan fingerprint density at radius 3 is 2.67 bits per heavy atom. The number of non-ortho nitro benzene ring substituents is 1. The fourth-order valence-electron chi connectivity index (χ4n) is 1.66. The minimum absolute atomic E-state index is 0.0777. The smallest absolute Gasteiger partial charge is 0.328 e. The summed E-state index contributed by atoms with van der Waals surface area (Å²) in [4.78, 5) is 20.8. The number of ether oxygens (including phenoxy) is 1. The number of para-hydroxylation sites is 1. The fraction of sp³-hybridized carbons (Fsp3) is 0. The van der Waals surface area contributed by atoms with E-state index in [2.05, 4.69) is 0 Å². The van der Waals surface area contributed by atoms with Crippen molar-refractivity contribution in [3.8, 4) is 11.5 Å². The van der Waals surface area contributed by atoms with Gasteiger partial charge in [-0.1, -0.05) is 24.3 Å². The van der Waals surface area contributed by atoms with Crippen LogP contribution in [-0.2, 0) is 4.79 Å². The molecule has 1 N–H and O–H groups in total. The largest absolute Gasteiger partial charge is 0.478 e. The number of hydrogen-bond acceptors (Lipinski definition) is 4. The van der Waals surface area contributed by atoms with E-state index < -0.39 is 10.9 Å². The summed E-state index contributed by atoms with van der Waals surface area (Å²) in [7, 11) is 0. The molecule has 0 radical (unpaired) electrons. The molecule has 21 heavy (non-hydrogen) atoms. The average molecular weight is 285 g/mol. The van der Waals surface area contributed by atoms with Crippen molar-refractivity contribution in [1.29, 1.82) is 0 Å². The molecule has 0 aliphatic heterocycles. The first-order valence-corrected chi connectivity index (χ1v) is 5.98. The molecule has 0 bridgehead atoms. The normalized spacial score (nSPS) is 10.5. The number of nitro groups is 1. The van der Waals surface area contributed by atoms with Gasteiger partial charge < -0.3 is 9.84 Å². The SMILES string of the molecule is O=C(O)/C=C/c1ccccc1Oc1cccc([N+](=O)[O-])c1. The average Bonchev–Trinajstić information content (AvgIpc) is 2.46. The van der Waals surface area contributed by atoms with Crippen LogP contribution in [0.25, 0.3) is 6.08 Å². The van der Waals surface area contributed by atoms with Gasteiger partial charge in [-0.2, -0.15) is 0 Å². The Labute approximate surface area is 120 Å². The Morgan fingerprint density at radius 2 is 1.95 bits per heavy atom. The Bertz CT molecular complexity index is 709. The number of carboxylic acid groups (broad SMARTS) is 1. The van der Waals surface area contributed by atoms with Crippen LogP contribution in [0.3, 0.4) is 0 Å². The van der Waals surface area contributed by atoms with Crippen LogP contribution in [0.1, 0.15) is 5.56 Å². The maximum absolute atomic E-state index is 10.7. The predicted octanol–water partition coefficient (Wildman–Crippen LogP) is 3.48. The number of aliphatic carboxylic acids is 1. The van der Waals surface area contributed by atoms with E-state index in [1.807, 2.05) is 0 Å². The Morgan fingerprint density at radius 1 is 1.19 bits per heavy atom. The van der Waals surface area contributed by atoms with Gasteiger partial charge in [0.1, 0.15) is 11.5 Å². The van der Waals surface area contributed by atoms with Crippen LogP contribution < -0.4 is 4.74 Å². The van der Waals surface area contributed by atoms with Gasteiger partial charge >= 0.3 is 5.97 Å². The Balaban J connectivity index is 2.29. The number of rotatable bonds is 5. The summed E-state index contributed by atoms with van der Waals surface area (Å²) < 4.78 is 5.58. The highest BCUT2D eigenvalue weighted by Crippen LogP contribution is 2.28. The third kappa shape index (κ3) is 3.90. The monoisotopic (exact) mass is 285 g/mol. The van der Waals surface area contributed by atoms with Gasteiger partial charge in [-0.3, -0.25) is 10.1 Å². The molecule has 0 fully saturated rings. The second kappa shape index (κ2) is 6.33. The van der Waals surface area contributed by atoms with Crippen molar-refractivity contribution in [2.45, 2.75) is 0 Å². The van der Waals surface area contributed by atoms with E-state index in [4.69, 9.17) is 9.84 Å². The molecule has 2 aromatic carbocycles. The maximum atomic E-state index is 10.7. The van der Waals surface area contributed by atoms with Crippen molar-refractivity contribution in [1.82, 2.24) is 0 Å². The van der Waals surface area contributed by atoms with Crippen LogP contribution in [0.15, 0.2) is 54.6 Å². The molecule has 0 saturated heterocycles. The van der Waals surface area contributed by atoms with Gasteiger partial charge in [0, 0.05) is 17.7 Å². The van der Waals surface area contributed by atoms with Crippen LogP contribution in [0, 0.1) is 10.1 Å². The van der Waals surface area contributed by atoms with Crippen LogP contribution >= 0.6 is 0 Å². The summed E-state index contributed by atoms with van der Waals surface area (Å²) >= 11 is 0. The molecule has 0 spiro atoms. The molecule has 0 saturated carbocycles. The van der Waals surface area contributed by atoms with E-state index in [1.54, 1.807) is 30.3 Å². The van der Waals surface area contributed by atoms with Gasteiger partial charge in [-0.25, -0.2) is 4.79 Å². The highest BCUT2D eigenvalue weighted by atomic mass is 16.6. The molecule has 0 heterocycles. The third-order valence-electron chi connectivity index (χ3n) is 2.58. The van der Waals surface area contributed by atoms with Crippen LogP contribution in [0.5, 0.6) is 11.5 Å². The minimum Gasteiger partial charge on any atom is -0.478 e. The lowest BCUT2D eigenvalue weighted by atomic mass is 10.2. The molecular formula is C15H11NO5. The summed E-state index contributed by atoms with van der Waals surface area (Å²) in [6, 6.07) is 12.6. The summed E-state index contributed by atoms with van der Waals surface area (Å²) in [5.74, 6) is -0.351. The molecule has 0 aliphatic carbocycles. The topological polar surface area (TPSA) is 89.7 Å². The van der Waals surface area contributed by atoms with Gasteiger partial charge in [-0.15, -0.1) is 0 Å². The number of nitro benzene ring substituents is 1. The minimum atomic E-state index is -1.07. The fourth-order valence-corrected chi connectivity index (χ4v) is 1.66. The van der Waals surface area contributed by atoms with E-state index in [9.17, 15) is 14.9 Å². The van der Waals surface area contributed by atoms with E-state index in [1.165, 1.54) is 24.3 Å². The molecule has 0 aromatic heterocycles. The van der Waals surface area contributed by atoms with Gasteiger partial charge in [0.05, 0.1) is 11.0 Å². The van der Waals surface area contributed by atoms with Crippen molar-refractivity contribution in [3.63, 3.8) is 0 Å². The number of nitrogens with zero attached hydrogens (tertiary/aromatic N) is 1. The zero-order chi connectivity index (χ0) is 15.2. The summed E-state index contributed by atoms with van der Waals surface area (Å²) in [5, 5.41) is 19.4. The first-order valence-electron chi connectivity index (χ1n) is 5.98. The van der Waals surface area contributed by atoms with Gasteiger partial charge in [0.15, 0.2) is 0 Å². The highest BCUT2D eigenvalue weighted by molar-refractivity contribution is 5.85. The Hall–Kier alpha value is -3.15. The second-order valence-electron chi connectivity index (χ2n) is 4.07. The van der Waals surface area contributed by atoms with Crippen LogP contribution in [0.4, 0.5) is 5.69 Å². The van der Waals surface area contributed by atoms with Gasteiger partial charge in [-0.05, 0) is 18.2 Å². The molecule has 0 atom stereocenters. The van der Waals surface area contributed by atoms with E-state index >= 15 is 0 Å². The molecule has 0 unspecified atom stereocenters. The second-order valence-corrected chi connectivity index (χ2v) is 4.07. The van der Waals surface area contributed by atoms with Crippen molar-refractivity contribution in [3.05, 3.63) is 70.3 Å². The highest BCUT2D eigenvalue weighted by Gasteiger charge is 2.08. The zero-order valence-corrected chi connectivity index (χ0v) is 10.8. The number of carboxylic acids is 1. The van der Waals surface area contributed by atoms with Crippen molar-refractivity contribution < 1.29 is 19.6 Å². The zero-order valence-electron chi connectivity index (χ0n) is 10.8. The molecule has 6 heteroatoms. The van der Waals surface area contributed by atoms with Crippen molar-refractivity contribution in [2.24, 2.45) is 0 Å². The van der Waals surface area contributed by atoms with Gasteiger partial charge in [0.2, 0.25) is 0 Å². The van der Waals surface area contributed by atoms with E-state index in [0.717, 1.165) is 6.08 Å². The number of hydrogen-bond donors (Lipinski definition) is 1. The van der Waals surface area contributed by atoms with Crippen molar-refractivity contribution >= 4 is 17.7 Å². The van der Waals surface area contributed by atoms with E-state index in [-0.39, 0.29) is 5.69 Å². The standard InChI is InChI=1S/C15H11NO5/c17-15(18)9-8-11-4-1-2-7-14(11)21-13-6-3-5-12(10-13)16(19)20/h1-10H,(H,17,18)/b9-8+. The molecule has 2 aromatic rings. The molecule has 2 rings (SSSR count). The molecule has 0 amide bonds. The van der Waals surface area contributed by atoms with Crippen LogP contribution in [0.2, 0.25) is 0 Å². The van der Waals surface area contributed by atoms with E-state index in [0.29, 0.717) is 17.1 Å². The summed E-state index contributed by atoms with van der Waals surface area (Å²) in [5.41, 5.74) is 0.484. The molecular weight excluding hydrogens is 274 g/mol. The summed E-state index contributed by atoms with van der Waals surface area (Å²) in [6.45, 7) is 0. The lowest BCUT2D eigenvalue weighted by Gasteiger charge is -2.08. The quantitative estimate of drug-likeness (QED) is 0.516. The Kier molecular flexibility index (Phi) is 4.30. The predicted molar refractivity (Wildman–Crippen MR) is 76.3 cm³/mol. The van der Waals surface area contributed by atoms with Crippen LogP contribution in [-0.4, -0.2) is 16.0 Å². The first-order chi connectivity index (χ1) is 10.1. The molecule has 0 aliphatic rings. The molecule has 106 valence electrons.